The summed E-state index contributed by atoms with van der Waals surface area (Å²) >= 11 is 0. The van der Waals surface area contributed by atoms with Gasteiger partial charge in [-0.3, -0.25) is 4.84 Å². The summed E-state index contributed by atoms with van der Waals surface area (Å²) < 4.78 is 4.40. The zero-order valence-corrected chi connectivity index (χ0v) is 8.71. The average molecular weight is 202 g/mol. The van der Waals surface area contributed by atoms with Crippen LogP contribution in [-0.4, -0.2) is 32.4 Å². The molecule has 0 aliphatic heterocycles. The van der Waals surface area contributed by atoms with Crippen LogP contribution in [0.15, 0.2) is 0 Å². The van der Waals surface area contributed by atoms with Crippen molar-refractivity contribution in [1.82, 2.24) is 10.8 Å². The number of hydroxylamine groups is 1. The molecule has 5 nitrogen and oxygen atoms in total. The fraction of sp³-hybridized carbons (Fsp3) is 0.889. The van der Waals surface area contributed by atoms with Crippen molar-refractivity contribution in [2.45, 2.75) is 37.8 Å². The van der Waals surface area contributed by atoms with Crippen molar-refractivity contribution in [2.24, 2.45) is 0 Å². The highest BCUT2D eigenvalue weighted by Gasteiger charge is 2.21. The minimum Gasteiger partial charge on any atom is -0.451 e. The second-order valence-corrected chi connectivity index (χ2v) is 3.47. The summed E-state index contributed by atoms with van der Waals surface area (Å²) in [5.74, 6) is 0. The summed E-state index contributed by atoms with van der Waals surface area (Å²) in [7, 11) is 3.29. The van der Waals surface area contributed by atoms with Gasteiger partial charge in [0.2, 0.25) is 0 Å². The first kappa shape index (κ1) is 11.3. The molecule has 1 rings (SSSR count). The first-order chi connectivity index (χ1) is 6.76. The molecule has 0 bridgehead atoms. The van der Waals surface area contributed by atoms with Gasteiger partial charge in [-0.15, -0.1) is 0 Å². The Balaban J connectivity index is 2.13. The molecule has 5 heteroatoms. The maximum Gasteiger partial charge on any atom is 0.431 e. The van der Waals surface area contributed by atoms with Gasteiger partial charge in [0.05, 0.1) is 13.2 Å². The Morgan fingerprint density at radius 3 is 2.43 bits per heavy atom. The fourth-order valence-corrected chi connectivity index (χ4v) is 1.64. The molecule has 82 valence electrons. The summed E-state index contributed by atoms with van der Waals surface area (Å²) in [5, 5.41) is 3.23. The van der Waals surface area contributed by atoms with Crippen molar-refractivity contribution in [2.75, 3.05) is 14.2 Å². The number of methoxy groups -OCH3 is 1. The SMILES string of the molecule is CNC1CCC(ONC(=O)OC)CC1. The van der Waals surface area contributed by atoms with Crippen molar-refractivity contribution in [3.05, 3.63) is 0 Å². The molecule has 0 spiro atoms. The van der Waals surface area contributed by atoms with Crippen LogP contribution in [0.1, 0.15) is 25.7 Å². The Morgan fingerprint density at radius 2 is 1.93 bits per heavy atom. The number of ether oxygens (including phenoxy) is 1. The Morgan fingerprint density at radius 1 is 1.29 bits per heavy atom. The van der Waals surface area contributed by atoms with Gasteiger partial charge in [-0.05, 0) is 32.7 Å². The Labute approximate surface area is 84.1 Å². The number of nitrogens with one attached hydrogen (secondary N) is 2. The zero-order chi connectivity index (χ0) is 10.4. The lowest BCUT2D eigenvalue weighted by atomic mass is 9.93. The Kier molecular flexibility index (Phi) is 4.69. The molecule has 0 aromatic heterocycles. The maximum absolute atomic E-state index is 10.7. The lowest BCUT2D eigenvalue weighted by molar-refractivity contribution is -0.0385. The third kappa shape index (κ3) is 3.51. The predicted octanol–water partition coefficient (Wildman–Crippen LogP) is 0.805. The number of carbonyl (C=O) groups excluding carboxylic acids is 1. The van der Waals surface area contributed by atoms with E-state index in [0.29, 0.717) is 6.04 Å². The average Bonchev–Trinajstić information content (AvgIpc) is 2.26. The minimum atomic E-state index is -0.541. The maximum atomic E-state index is 10.7. The van der Waals surface area contributed by atoms with E-state index < -0.39 is 6.09 Å². The number of hydrogen-bond acceptors (Lipinski definition) is 4. The zero-order valence-electron chi connectivity index (χ0n) is 8.71. The fourth-order valence-electron chi connectivity index (χ4n) is 1.64. The molecular weight excluding hydrogens is 184 g/mol. The van der Waals surface area contributed by atoms with Gasteiger partial charge < -0.3 is 10.1 Å². The third-order valence-electron chi connectivity index (χ3n) is 2.58. The standard InChI is InChI=1S/C9H18N2O3/c1-10-7-3-5-8(6-4-7)14-11-9(12)13-2/h7-8,10H,3-6H2,1-2H3,(H,11,12). The van der Waals surface area contributed by atoms with Gasteiger partial charge in [-0.1, -0.05) is 0 Å². The number of amides is 1. The molecule has 0 atom stereocenters. The number of hydrogen-bond donors (Lipinski definition) is 2. The lowest BCUT2D eigenvalue weighted by Crippen LogP contribution is -2.36. The highest BCUT2D eigenvalue weighted by molar-refractivity contribution is 5.65. The summed E-state index contributed by atoms with van der Waals surface area (Å²) in [6, 6.07) is 0.591. The highest BCUT2D eigenvalue weighted by Crippen LogP contribution is 2.20. The van der Waals surface area contributed by atoms with Gasteiger partial charge in [-0.2, -0.15) is 5.48 Å². The van der Waals surface area contributed by atoms with E-state index in [-0.39, 0.29) is 6.10 Å². The van der Waals surface area contributed by atoms with E-state index in [0.717, 1.165) is 25.7 Å². The predicted molar refractivity (Wildman–Crippen MR) is 51.7 cm³/mol. The van der Waals surface area contributed by atoms with E-state index in [9.17, 15) is 4.79 Å². The van der Waals surface area contributed by atoms with Crippen LogP contribution in [0.3, 0.4) is 0 Å². The lowest BCUT2D eigenvalue weighted by Gasteiger charge is -2.27. The number of rotatable bonds is 3. The monoisotopic (exact) mass is 202 g/mol. The smallest absolute Gasteiger partial charge is 0.431 e. The summed E-state index contributed by atoms with van der Waals surface area (Å²) in [5.41, 5.74) is 2.25. The Bertz CT molecular complexity index is 179. The molecule has 0 unspecified atom stereocenters. The molecule has 0 heterocycles. The molecule has 0 radical (unpaired) electrons. The molecule has 1 aliphatic carbocycles. The largest absolute Gasteiger partial charge is 0.451 e. The van der Waals surface area contributed by atoms with E-state index in [1.165, 1.54) is 7.11 Å². The van der Waals surface area contributed by atoms with Crippen LogP contribution in [0.25, 0.3) is 0 Å². The van der Waals surface area contributed by atoms with Crippen molar-refractivity contribution < 1.29 is 14.4 Å². The van der Waals surface area contributed by atoms with Gasteiger partial charge in [0.15, 0.2) is 0 Å². The second kappa shape index (κ2) is 5.82. The number of carbonyl (C=O) groups is 1. The van der Waals surface area contributed by atoms with Crippen molar-refractivity contribution in [1.29, 1.82) is 0 Å². The summed E-state index contributed by atoms with van der Waals surface area (Å²) in [4.78, 5) is 15.9. The van der Waals surface area contributed by atoms with E-state index in [1.807, 2.05) is 7.05 Å². The molecule has 0 aromatic rings. The van der Waals surface area contributed by atoms with E-state index in [2.05, 4.69) is 15.5 Å². The molecule has 1 saturated carbocycles. The Hall–Kier alpha value is -0.810. The normalized spacial score (nSPS) is 27.0. The topological polar surface area (TPSA) is 59.6 Å². The molecule has 1 amide bonds. The summed E-state index contributed by atoms with van der Waals surface area (Å²) in [6.45, 7) is 0. The molecule has 0 saturated heterocycles. The molecule has 0 aromatic carbocycles. The quantitative estimate of drug-likeness (QED) is 0.665. The van der Waals surface area contributed by atoms with E-state index in [4.69, 9.17) is 4.84 Å². The van der Waals surface area contributed by atoms with Gasteiger partial charge >= 0.3 is 6.09 Å². The van der Waals surface area contributed by atoms with Crippen LogP contribution in [0.2, 0.25) is 0 Å². The van der Waals surface area contributed by atoms with E-state index in [1.54, 1.807) is 0 Å². The van der Waals surface area contributed by atoms with Crippen molar-refractivity contribution in [3.63, 3.8) is 0 Å². The second-order valence-electron chi connectivity index (χ2n) is 3.47. The molecule has 1 fully saturated rings. The molecule has 1 aliphatic rings. The molecular formula is C9H18N2O3. The highest BCUT2D eigenvalue weighted by atomic mass is 16.7. The molecule has 2 N–H and O–H groups in total. The van der Waals surface area contributed by atoms with Crippen LogP contribution in [0.4, 0.5) is 4.79 Å². The van der Waals surface area contributed by atoms with Crippen LogP contribution in [0, 0.1) is 0 Å². The van der Waals surface area contributed by atoms with Crippen LogP contribution < -0.4 is 10.8 Å². The summed E-state index contributed by atoms with van der Waals surface area (Å²) in [6.07, 6.45) is 3.69. The van der Waals surface area contributed by atoms with Crippen molar-refractivity contribution in [3.8, 4) is 0 Å². The van der Waals surface area contributed by atoms with Crippen molar-refractivity contribution >= 4 is 6.09 Å². The first-order valence-electron chi connectivity index (χ1n) is 4.93. The third-order valence-corrected chi connectivity index (χ3v) is 2.58. The van der Waals surface area contributed by atoms with Gasteiger partial charge in [-0.25, -0.2) is 4.79 Å². The minimum absolute atomic E-state index is 0.124. The van der Waals surface area contributed by atoms with Gasteiger partial charge in [0, 0.05) is 6.04 Å². The van der Waals surface area contributed by atoms with Crippen LogP contribution in [0.5, 0.6) is 0 Å². The van der Waals surface area contributed by atoms with Gasteiger partial charge in [0.1, 0.15) is 0 Å². The first-order valence-corrected chi connectivity index (χ1v) is 4.93. The van der Waals surface area contributed by atoms with Gasteiger partial charge in [0.25, 0.3) is 0 Å². The molecule has 14 heavy (non-hydrogen) atoms. The van der Waals surface area contributed by atoms with E-state index >= 15 is 0 Å². The van der Waals surface area contributed by atoms with Crippen LogP contribution in [-0.2, 0) is 9.57 Å². The van der Waals surface area contributed by atoms with Crippen LogP contribution >= 0.6 is 0 Å².